The Morgan fingerprint density at radius 3 is 2.73 bits per heavy atom. The number of hydrogen-bond acceptors (Lipinski definition) is 6. The molecule has 2 aromatic heterocycles. The van der Waals surface area contributed by atoms with Crippen LogP contribution in [0.5, 0.6) is 0 Å². The third-order valence-electron chi connectivity index (χ3n) is 3.53. The van der Waals surface area contributed by atoms with E-state index in [1.54, 1.807) is 12.1 Å². The van der Waals surface area contributed by atoms with E-state index in [0.717, 1.165) is 11.1 Å². The molecule has 8 nitrogen and oxygen atoms in total. The summed E-state index contributed by atoms with van der Waals surface area (Å²) in [7, 11) is 0. The van der Waals surface area contributed by atoms with Crippen molar-refractivity contribution in [2.24, 2.45) is 0 Å². The van der Waals surface area contributed by atoms with E-state index in [1.165, 1.54) is 11.3 Å². The molecule has 0 spiro atoms. The molecule has 0 radical (unpaired) electrons. The van der Waals surface area contributed by atoms with Crippen LogP contribution in [0.1, 0.15) is 11.5 Å². The summed E-state index contributed by atoms with van der Waals surface area (Å²) < 4.78 is 5.07. The minimum Gasteiger partial charge on any atom is -0.480 e. The molecule has 134 valence electrons. The fraction of sp³-hybridized carbons (Fsp3) is 0.176. The van der Waals surface area contributed by atoms with Crippen molar-refractivity contribution in [2.75, 3.05) is 0 Å². The number of carbonyl (C=O) groups is 2. The van der Waals surface area contributed by atoms with Gasteiger partial charge >= 0.3 is 12.0 Å². The Balaban J connectivity index is 1.53. The second-order valence-electron chi connectivity index (χ2n) is 5.43. The molecule has 0 unspecified atom stereocenters. The van der Waals surface area contributed by atoms with E-state index in [2.05, 4.69) is 20.8 Å². The van der Waals surface area contributed by atoms with Gasteiger partial charge in [-0.05, 0) is 17.0 Å². The largest absolute Gasteiger partial charge is 0.480 e. The second-order valence-corrected chi connectivity index (χ2v) is 6.21. The zero-order valence-corrected chi connectivity index (χ0v) is 14.4. The van der Waals surface area contributed by atoms with Gasteiger partial charge in [0, 0.05) is 17.4 Å². The predicted molar refractivity (Wildman–Crippen MR) is 94.6 cm³/mol. The van der Waals surface area contributed by atoms with E-state index < -0.39 is 18.0 Å². The van der Waals surface area contributed by atoms with Gasteiger partial charge in [-0.2, -0.15) is 16.3 Å². The number of nitrogens with one attached hydrogen (secondary N) is 2. The van der Waals surface area contributed by atoms with E-state index in [9.17, 15) is 14.7 Å². The summed E-state index contributed by atoms with van der Waals surface area (Å²) in [5.41, 5.74) is 1.65. The van der Waals surface area contributed by atoms with Crippen molar-refractivity contribution in [2.45, 2.75) is 19.0 Å². The number of urea groups is 1. The average molecular weight is 372 g/mol. The predicted octanol–water partition coefficient (Wildman–Crippen LogP) is 2.29. The fourth-order valence-corrected chi connectivity index (χ4v) is 2.88. The number of nitrogens with zero attached hydrogens (tertiary/aromatic N) is 2. The van der Waals surface area contributed by atoms with E-state index in [4.69, 9.17) is 4.52 Å². The number of aliphatic carboxylic acids is 1. The molecule has 2 amide bonds. The van der Waals surface area contributed by atoms with Crippen molar-refractivity contribution in [1.82, 2.24) is 20.8 Å². The Labute approximate surface area is 152 Å². The van der Waals surface area contributed by atoms with Gasteiger partial charge in [-0.25, -0.2) is 9.59 Å². The lowest BCUT2D eigenvalue weighted by Gasteiger charge is -2.14. The van der Waals surface area contributed by atoms with Crippen molar-refractivity contribution in [3.05, 3.63) is 58.6 Å². The van der Waals surface area contributed by atoms with Crippen LogP contribution < -0.4 is 10.6 Å². The molecule has 0 bridgehead atoms. The van der Waals surface area contributed by atoms with Crippen molar-refractivity contribution in [1.29, 1.82) is 0 Å². The van der Waals surface area contributed by atoms with Gasteiger partial charge in [0.05, 0.1) is 6.54 Å². The molecule has 26 heavy (non-hydrogen) atoms. The first-order valence-electron chi connectivity index (χ1n) is 7.78. The van der Waals surface area contributed by atoms with Crippen LogP contribution in [-0.4, -0.2) is 33.3 Å². The minimum absolute atomic E-state index is 0.000641. The van der Waals surface area contributed by atoms with Crippen molar-refractivity contribution in [3.8, 4) is 11.4 Å². The maximum atomic E-state index is 12.0. The number of rotatable bonds is 7. The van der Waals surface area contributed by atoms with Gasteiger partial charge in [0.15, 0.2) is 0 Å². The van der Waals surface area contributed by atoms with Crippen LogP contribution in [0.4, 0.5) is 4.79 Å². The molecular weight excluding hydrogens is 356 g/mol. The van der Waals surface area contributed by atoms with Crippen LogP contribution in [0.2, 0.25) is 0 Å². The highest BCUT2D eigenvalue weighted by atomic mass is 32.1. The van der Waals surface area contributed by atoms with Gasteiger partial charge in [0.1, 0.15) is 6.04 Å². The van der Waals surface area contributed by atoms with Crippen LogP contribution in [0.3, 0.4) is 0 Å². The summed E-state index contributed by atoms with van der Waals surface area (Å²) >= 11 is 1.52. The molecule has 0 aliphatic rings. The van der Waals surface area contributed by atoms with Gasteiger partial charge in [0.25, 0.3) is 0 Å². The number of amides is 2. The van der Waals surface area contributed by atoms with Crippen molar-refractivity contribution < 1.29 is 19.2 Å². The maximum absolute atomic E-state index is 12.0. The number of carboxylic acid groups (broad SMARTS) is 1. The van der Waals surface area contributed by atoms with E-state index in [1.807, 2.05) is 35.0 Å². The maximum Gasteiger partial charge on any atom is 0.326 e. The first-order chi connectivity index (χ1) is 12.6. The lowest BCUT2D eigenvalue weighted by atomic mass is 10.1. The lowest BCUT2D eigenvalue weighted by molar-refractivity contribution is -0.139. The molecule has 0 aliphatic carbocycles. The molecule has 0 fully saturated rings. The monoisotopic (exact) mass is 372 g/mol. The molecule has 2 heterocycles. The van der Waals surface area contributed by atoms with Gasteiger partial charge in [0.2, 0.25) is 11.7 Å². The first-order valence-corrected chi connectivity index (χ1v) is 8.72. The topological polar surface area (TPSA) is 117 Å². The summed E-state index contributed by atoms with van der Waals surface area (Å²) in [6.07, 6.45) is 0.187. The van der Waals surface area contributed by atoms with Gasteiger partial charge in [-0.15, -0.1) is 0 Å². The zero-order chi connectivity index (χ0) is 18.4. The highest BCUT2D eigenvalue weighted by Gasteiger charge is 2.20. The van der Waals surface area contributed by atoms with Gasteiger partial charge < -0.3 is 20.3 Å². The highest BCUT2D eigenvalue weighted by Crippen LogP contribution is 2.18. The van der Waals surface area contributed by atoms with Crippen LogP contribution in [0.15, 0.2) is 51.7 Å². The average Bonchev–Trinajstić information content (AvgIpc) is 3.31. The Morgan fingerprint density at radius 2 is 2.04 bits per heavy atom. The molecule has 9 heteroatoms. The summed E-state index contributed by atoms with van der Waals surface area (Å²) in [6.45, 7) is 0.000641. The number of aromatic nitrogens is 2. The first kappa shape index (κ1) is 17.6. The third kappa shape index (κ3) is 4.67. The summed E-state index contributed by atoms with van der Waals surface area (Å²) in [6, 6.07) is 9.28. The number of hydrogen-bond donors (Lipinski definition) is 3. The molecule has 1 aromatic carbocycles. The highest BCUT2D eigenvalue weighted by molar-refractivity contribution is 7.08. The van der Waals surface area contributed by atoms with E-state index in [-0.39, 0.29) is 18.9 Å². The third-order valence-corrected chi connectivity index (χ3v) is 4.22. The molecule has 3 rings (SSSR count). The van der Waals surface area contributed by atoms with Crippen LogP contribution >= 0.6 is 11.3 Å². The Hall–Kier alpha value is -3.20. The Morgan fingerprint density at radius 1 is 1.23 bits per heavy atom. The lowest BCUT2D eigenvalue weighted by Crippen LogP contribution is -2.46. The quantitative estimate of drug-likeness (QED) is 0.586. The van der Waals surface area contributed by atoms with E-state index >= 15 is 0 Å². The number of benzene rings is 1. The van der Waals surface area contributed by atoms with Crippen LogP contribution in [0.25, 0.3) is 11.4 Å². The number of carboxylic acids is 1. The molecule has 0 saturated carbocycles. The standard InChI is InChI=1S/C17H16N4O4S/c22-16(23)13(8-11-4-2-1-3-5-11)19-17(24)18-9-14-20-15(21-25-14)12-6-7-26-10-12/h1-7,10,13H,8-9H2,(H,22,23)(H2,18,19,24)/t13-/m0/s1. The number of thiophene rings is 1. The summed E-state index contributed by atoms with van der Waals surface area (Å²) in [4.78, 5) is 27.5. The smallest absolute Gasteiger partial charge is 0.326 e. The summed E-state index contributed by atoms with van der Waals surface area (Å²) in [5.74, 6) is -0.436. The fourth-order valence-electron chi connectivity index (χ4n) is 2.25. The van der Waals surface area contributed by atoms with Gasteiger partial charge in [-0.3, -0.25) is 0 Å². The number of carbonyl (C=O) groups excluding carboxylic acids is 1. The van der Waals surface area contributed by atoms with Crippen molar-refractivity contribution in [3.63, 3.8) is 0 Å². The Kier molecular flexibility index (Phi) is 5.59. The van der Waals surface area contributed by atoms with Crippen LogP contribution in [0, 0.1) is 0 Å². The van der Waals surface area contributed by atoms with Crippen molar-refractivity contribution >= 4 is 23.3 Å². The zero-order valence-electron chi connectivity index (χ0n) is 13.6. The minimum atomic E-state index is -1.11. The SMILES string of the molecule is O=C(NCc1nc(-c2ccsc2)no1)N[C@@H](Cc1ccccc1)C(=O)O. The molecule has 3 N–H and O–H groups in total. The molecule has 1 atom stereocenters. The van der Waals surface area contributed by atoms with Crippen LogP contribution in [-0.2, 0) is 17.8 Å². The van der Waals surface area contributed by atoms with E-state index in [0.29, 0.717) is 5.82 Å². The molecular formula is C17H16N4O4S. The molecule has 0 saturated heterocycles. The molecule has 0 aliphatic heterocycles. The second kappa shape index (κ2) is 8.26. The van der Waals surface area contributed by atoms with Gasteiger partial charge in [-0.1, -0.05) is 35.5 Å². The summed E-state index contributed by atoms with van der Waals surface area (Å²) in [5, 5.41) is 21.9. The Bertz CT molecular complexity index is 864. The normalized spacial score (nSPS) is 11.7. The molecule has 3 aromatic rings.